The first-order valence-electron chi connectivity index (χ1n) is 7.78. The minimum atomic E-state index is -0.834. The van der Waals surface area contributed by atoms with E-state index in [0.717, 1.165) is 12.2 Å². The number of aliphatic carboxylic acids is 1. The predicted octanol–water partition coefficient (Wildman–Crippen LogP) is 4.27. The van der Waals surface area contributed by atoms with Crippen LogP contribution >= 0.6 is 11.8 Å². The van der Waals surface area contributed by atoms with Gasteiger partial charge >= 0.3 is 5.97 Å². The van der Waals surface area contributed by atoms with Crippen molar-refractivity contribution in [3.63, 3.8) is 0 Å². The lowest BCUT2D eigenvalue weighted by Crippen LogP contribution is -2.19. The molecule has 0 amide bonds. The normalized spacial score (nSPS) is 14.4. The maximum atomic E-state index is 11.2. The zero-order valence-corrected chi connectivity index (χ0v) is 14.8. The molecule has 0 radical (unpaired) electrons. The van der Waals surface area contributed by atoms with E-state index in [9.17, 15) is 4.79 Å². The zero-order chi connectivity index (χ0) is 16.5. The molecule has 0 aliphatic heterocycles. The van der Waals surface area contributed by atoms with Gasteiger partial charge in [-0.25, -0.2) is 4.79 Å². The molecule has 2 unspecified atom stereocenters. The van der Waals surface area contributed by atoms with E-state index in [1.54, 1.807) is 18.0 Å². The van der Waals surface area contributed by atoms with Crippen molar-refractivity contribution in [2.45, 2.75) is 45.6 Å². The number of carbonyl (C=O) groups is 1. The second-order valence-electron chi connectivity index (χ2n) is 6.01. The Hall–Kier alpha value is -1.29. The van der Waals surface area contributed by atoms with Crippen molar-refractivity contribution in [2.75, 3.05) is 12.0 Å². The van der Waals surface area contributed by atoms with Crippen LogP contribution in [-0.2, 0) is 11.2 Å². The molecular formula is C18H27NO2S. The number of nitrogens with zero attached hydrogens (tertiary/aromatic N) is 1. The predicted molar refractivity (Wildman–Crippen MR) is 96.3 cm³/mol. The summed E-state index contributed by atoms with van der Waals surface area (Å²) in [5.74, 6) is 0.764. The molecule has 0 heterocycles. The number of aliphatic imine (C=N–C) groups is 1. The summed E-state index contributed by atoms with van der Waals surface area (Å²) in [5, 5.41) is 9.16. The monoisotopic (exact) mass is 321 g/mol. The van der Waals surface area contributed by atoms with Crippen LogP contribution in [0.25, 0.3) is 0 Å². The molecule has 122 valence electrons. The summed E-state index contributed by atoms with van der Waals surface area (Å²) in [6.45, 7) is 6.45. The molecule has 0 bridgehead atoms. The Morgan fingerprint density at radius 1 is 1.27 bits per heavy atom. The molecule has 0 spiro atoms. The van der Waals surface area contributed by atoms with Crippen molar-refractivity contribution in [1.29, 1.82) is 0 Å². The fourth-order valence-corrected chi connectivity index (χ4v) is 2.66. The molecular weight excluding hydrogens is 294 g/mol. The van der Waals surface area contributed by atoms with Crippen LogP contribution in [-0.4, -0.2) is 35.3 Å². The van der Waals surface area contributed by atoms with Gasteiger partial charge in [0.2, 0.25) is 0 Å². The van der Waals surface area contributed by atoms with Crippen molar-refractivity contribution in [2.24, 2.45) is 10.9 Å². The van der Waals surface area contributed by atoms with Gasteiger partial charge in [-0.05, 0) is 47.8 Å². The van der Waals surface area contributed by atoms with E-state index >= 15 is 0 Å². The van der Waals surface area contributed by atoms with Crippen molar-refractivity contribution < 1.29 is 9.90 Å². The van der Waals surface area contributed by atoms with Gasteiger partial charge < -0.3 is 5.11 Å². The maximum Gasteiger partial charge on any atom is 0.328 e. The Labute approximate surface area is 138 Å². The largest absolute Gasteiger partial charge is 0.480 e. The average Bonchev–Trinajstić information content (AvgIpc) is 2.47. The highest BCUT2D eigenvalue weighted by Crippen LogP contribution is 2.16. The van der Waals surface area contributed by atoms with Crippen LogP contribution in [0.5, 0.6) is 0 Å². The third kappa shape index (κ3) is 6.65. The summed E-state index contributed by atoms with van der Waals surface area (Å²) >= 11 is 1.65. The van der Waals surface area contributed by atoms with Crippen molar-refractivity contribution >= 4 is 23.9 Å². The molecule has 0 saturated heterocycles. The van der Waals surface area contributed by atoms with Crippen LogP contribution < -0.4 is 0 Å². The van der Waals surface area contributed by atoms with Gasteiger partial charge in [-0.15, -0.1) is 0 Å². The second-order valence-corrected chi connectivity index (χ2v) is 7.00. The first kappa shape index (κ1) is 18.8. The summed E-state index contributed by atoms with van der Waals surface area (Å²) < 4.78 is 0. The molecule has 1 rings (SSSR count). The highest BCUT2D eigenvalue weighted by Gasteiger charge is 2.14. The Bertz CT molecular complexity index is 482. The van der Waals surface area contributed by atoms with Gasteiger partial charge in [0.1, 0.15) is 6.04 Å². The molecule has 0 saturated carbocycles. The van der Waals surface area contributed by atoms with E-state index in [1.807, 2.05) is 6.26 Å². The number of carboxylic acid groups (broad SMARTS) is 1. The molecule has 1 aromatic rings. The molecule has 2 atom stereocenters. The van der Waals surface area contributed by atoms with Crippen LogP contribution in [0.2, 0.25) is 0 Å². The Morgan fingerprint density at radius 2 is 1.91 bits per heavy atom. The third-order valence-electron chi connectivity index (χ3n) is 3.61. The Morgan fingerprint density at radius 3 is 2.41 bits per heavy atom. The second kappa shape index (κ2) is 9.67. The lowest BCUT2D eigenvalue weighted by atomic mass is 9.97. The van der Waals surface area contributed by atoms with Crippen LogP contribution in [0.3, 0.4) is 0 Å². The fourth-order valence-electron chi connectivity index (χ4n) is 2.21. The number of benzene rings is 1. The van der Waals surface area contributed by atoms with Gasteiger partial charge in [0.25, 0.3) is 0 Å². The van der Waals surface area contributed by atoms with Crippen molar-refractivity contribution in [3.05, 3.63) is 35.4 Å². The van der Waals surface area contributed by atoms with E-state index < -0.39 is 12.0 Å². The molecule has 3 nitrogen and oxygen atoms in total. The maximum absolute atomic E-state index is 11.2. The van der Waals surface area contributed by atoms with Crippen LogP contribution in [0.15, 0.2) is 29.3 Å². The SMILES string of the molecule is CSCCC(N=CC(C)Cc1ccc(C(C)C)cc1)C(=O)O. The zero-order valence-electron chi connectivity index (χ0n) is 14.0. The van der Waals surface area contributed by atoms with Gasteiger partial charge in [-0.1, -0.05) is 45.0 Å². The van der Waals surface area contributed by atoms with E-state index in [0.29, 0.717) is 12.3 Å². The average molecular weight is 321 g/mol. The quantitative estimate of drug-likeness (QED) is 0.691. The molecule has 1 N–H and O–H groups in total. The summed E-state index contributed by atoms with van der Waals surface area (Å²) in [4.78, 5) is 15.4. The highest BCUT2D eigenvalue weighted by atomic mass is 32.2. The van der Waals surface area contributed by atoms with Crippen LogP contribution in [0.1, 0.15) is 44.2 Å². The lowest BCUT2D eigenvalue weighted by Gasteiger charge is -2.10. The summed E-state index contributed by atoms with van der Waals surface area (Å²) in [7, 11) is 0. The number of thioether (sulfide) groups is 1. The number of carboxylic acids is 1. The molecule has 0 aliphatic rings. The highest BCUT2D eigenvalue weighted by molar-refractivity contribution is 7.98. The molecule has 1 aromatic carbocycles. The molecule has 0 fully saturated rings. The lowest BCUT2D eigenvalue weighted by molar-refractivity contribution is -0.138. The fraction of sp³-hybridized carbons (Fsp3) is 0.556. The van der Waals surface area contributed by atoms with Gasteiger partial charge in [0, 0.05) is 6.21 Å². The van der Waals surface area contributed by atoms with Crippen molar-refractivity contribution in [3.8, 4) is 0 Å². The Balaban J connectivity index is 2.58. The summed E-state index contributed by atoms with van der Waals surface area (Å²) in [5.41, 5.74) is 2.60. The third-order valence-corrected chi connectivity index (χ3v) is 4.25. The van der Waals surface area contributed by atoms with E-state index in [4.69, 9.17) is 5.11 Å². The molecule has 4 heteroatoms. The number of hydrogen-bond acceptors (Lipinski definition) is 3. The standard InChI is InChI=1S/C18H27NO2S/c1-13(2)16-7-5-15(6-8-16)11-14(3)12-19-17(18(20)21)9-10-22-4/h5-8,12-14,17H,9-11H2,1-4H3,(H,20,21). The summed E-state index contributed by atoms with van der Waals surface area (Å²) in [6.07, 6.45) is 5.25. The van der Waals surface area contributed by atoms with Crippen molar-refractivity contribution in [1.82, 2.24) is 0 Å². The minimum Gasteiger partial charge on any atom is -0.480 e. The Kier molecular flexibility index (Phi) is 8.25. The van der Waals surface area contributed by atoms with Crippen LogP contribution in [0, 0.1) is 5.92 Å². The smallest absolute Gasteiger partial charge is 0.328 e. The van der Waals surface area contributed by atoms with Crippen LogP contribution in [0.4, 0.5) is 0 Å². The van der Waals surface area contributed by atoms with Gasteiger partial charge in [0.15, 0.2) is 0 Å². The minimum absolute atomic E-state index is 0.237. The van der Waals surface area contributed by atoms with Gasteiger partial charge in [-0.2, -0.15) is 11.8 Å². The molecule has 0 aromatic heterocycles. The van der Waals surface area contributed by atoms with Gasteiger partial charge in [0.05, 0.1) is 0 Å². The molecule has 0 aliphatic carbocycles. The van der Waals surface area contributed by atoms with E-state index in [1.165, 1.54) is 11.1 Å². The van der Waals surface area contributed by atoms with Gasteiger partial charge in [-0.3, -0.25) is 4.99 Å². The topological polar surface area (TPSA) is 49.7 Å². The van der Waals surface area contributed by atoms with E-state index in [-0.39, 0.29) is 5.92 Å². The number of hydrogen-bond donors (Lipinski definition) is 1. The first-order chi connectivity index (χ1) is 10.4. The molecule has 22 heavy (non-hydrogen) atoms. The summed E-state index contributed by atoms with van der Waals surface area (Å²) in [6, 6.07) is 8.03. The number of rotatable bonds is 9. The van der Waals surface area contributed by atoms with E-state index in [2.05, 4.69) is 50.0 Å². The first-order valence-corrected chi connectivity index (χ1v) is 9.17.